The zero-order chi connectivity index (χ0) is 31.7. The summed E-state index contributed by atoms with van der Waals surface area (Å²) >= 11 is 0. The Morgan fingerprint density at radius 2 is 1.66 bits per heavy atom. The third kappa shape index (κ3) is 9.63. The highest BCUT2D eigenvalue weighted by molar-refractivity contribution is 7.90. The maximum Gasteiger partial charge on any atom is 0.326 e. The molecule has 0 bridgehead atoms. The summed E-state index contributed by atoms with van der Waals surface area (Å²) in [5, 5.41) is 12.2. The summed E-state index contributed by atoms with van der Waals surface area (Å²) in [5.74, 6) is -1.72. The van der Waals surface area contributed by atoms with Crippen LogP contribution in [0.15, 0.2) is 42.5 Å². The van der Waals surface area contributed by atoms with Crippen LogP contribution in [0.2, 0.25) is 0 Å². The molecule has 44 heavy (non-hydrogen) atoms. The molecular weight excluding hydrogens is 580 g/mol. The minimum Gasteiger partial charge on any atom is -0.480 e. The van der Waals surface area contributed by atoms with E-state index in [-0.39, 0.29) is 30.3 Å². The number of rotatable bonds is 13. The number of hydrogen-bond acceptors (Lipinski definition) is 6. The van der Waals surface area contributed by atoms with Gasteiger partial charge in [0.05, 0.1) is 12.4 Å². The molecule has 2 amide bonds. The quantitative estimate of drug-likeness (QED) is 0.315. The SMILES string of the molecule is Cc1ccccc1-c1cc(COC(CC2CCCCC2)C(=O)N2CCCCC2)ccc1C(=O)NC(CCS(C)(=O)=O)C(=O)O. The number of carboxylic acids is 1. The first-order chi connectivity index (χ1) is 21.0. The summed E-state index contributed by atoms with van der Waals surface area (Å²) in [7, 11) is -3.41. The van der Waals surface area contributed by atoms with Gasteiger partial charge in [-0.05, 0) is 79.3 Å². The molecule has 10 heteroatoms. The Bertz CT molecular complexity index is 1410. The molecule has 2 aromatic carbocycles. The van der Waals surface area contributed by atoms with Crippen LogP contribution in [-0.4, -0.2) is 73.5 Å². The number of sulfone groups is 1. The molecule has 2 aromatic rings. The van der Waals surface area contributed by atoms with Gasteiger partial charge < -0.3 is 20.1 Å². The van der Waals surface area contributed by atoms with E-state index < -0.39 is 33.9 Å². The number of nitrogens with one attached hydrogen (secondary N) is 1. The molecule has 4 rings (SSSR count). The van der Waals surface area contributed by atoms with Crippen molar-refractivity contribution in [2.45, 2.75) is 89.9 Å². The smallest absolute Gasteiger partial charge is 0.326 e. The van der Waals surface area contributed by atoms with Crippen molar-refractivity contribution in [2.24, 2.45) is 5.92 Å². The summed E-state index contributed by atoms with van der Waals surface area (Å²) in [5.41, 5.74) is 3.43. The van der Waals surface area contributed by atoms with Gasteiger partial charge in [-0.3, -0.25) is 9.59 Å². The van der Waals surface area contributed by atoms with Gasteiger partial charge in [-0.1, -0.05) is 62.4 Å². The second kappa shape index (κ2) is 15.7. The lowest BCUT2D eigenvalue weighted by molar-refractivity contribution is -0.147. The molecule has 2 unspecified atom stereocenters. The Balaban J connectivity index is 1.57. The van der Waals surface area contributed by atoms with Gasteiger partial charge in [-0.2, -0.15) is 0 Å². The number of hydrogen-bond donors (Lipinski definition) is 2. The molecule has 1 aliphatic carbocycles. The number of likely N-dealkylation sites (tertiary alicyclic amines) is 1. The second-order valence-corrected chi connectivity index (χ2v) is 14.7. The summed E-state index contributed by atoms with van der Waals surface area (Å²) in [6.45, 7) is 3.67. The van der Waals surface area contributed by atoms with Gasteiger partial charge in [0.2, 0.25) is 0 Å². The standard InChI is InChI=1S/C34H46N2O7S/c1-24-11-7-8-14-27(24)29-21-26(15-16-28(29)32(37)35-30(34(39)40)17-20-44(2,41)42)23-43-31(22-25-12-5-3-6-13-25)33(38)36-18-9-4-10-19-36/h7-8,11,14-16,21,25,30-31H,3-6,9-10,12-13,17-20,22-23H2,1-2H3,(H,35,37)(H,39,40). The van der Waals surface area contributed by atoms with Gasteiger partial charge in [0, 0.05) is 24.9 Å². The molecule has 1 saturated heterocycles. The zero-order valence-corrected chi connectivity index (χ0v) is 26.7. The number of aryl methyl sites for hydroxylation is 1. The maximum absolute atomic E-state index is 13.6. The molecule has 0 spiro atoms. The number of amides is 2. The van der Waals surface area contributed by atoms with E-state index >= 15 is 0 Å². The molecule has 2 atom stereocenters. The molecule has 2 aliphatic rings. The first-order valence-electron chi connectivity index (χ1n) is 15.8. The highest BCUT2D eigenvalue weighted by Gasteiger charge is 2.30. The van der Waals surface area contributed by atoms with Crippen LogP contribution in [0.1, 0.15) is 85.7 Å². The van der Waals surface area contributed by atoms with Crippen LogP contribution in [0.4, 0.5) is 0 Å². The lowest BCUT2D eigenvalue weighted by Crippen LogP contribution is -2.44. The summed E-state index contributed by atoms with van der Waals surface area (Å²) in [6, 6.07) is 11.5. The van der Waals surface area contributed by atoms with Crippen LogP contribution in [0.3, 0.4) is 0 Å². The Morgan fingerprint density at radius 1 is 0.977 bits per heavy atom. The van der Waals surface area contributed by atoms with E-state index in [0.717, 1.165) is 68.1 Å². The fourth-order valence-corrected chi connectivity index (χ4v) is 6.95. The van der Waals surface area contributed by atoms with E-state index in [1.165, 1.54) is 19.3 Å². The van der Waals surface area contributed by atoms with Crippen LogP contribution >= 0.6 is 0 Å². The Kier molecular flexibility index (Phi) is 12.0. The Morgan fingerprint density at radius 3 is 2.32 bits per heavy atom. The minimum absolute atomic E-state index is 0.0687. The van der Waals surface area contributed by atoms with Crippen LogP contribution in [0.25, 0.3) is 11.1 Å². The number of carbonyl (C=O) groups is 3. The predicted molar refractivity (Wildman–Crippen MR) is 170 cm³/mol. The van der Waals surface area contributed by atoms with Crippen LogP contribution < -0.4 is 5.32 Å². The molecule has 2 N–H and O–H groups in total. The van der Waals surface area contributed by atoms with Crippen LogP contribution in [0.5, 0.6) is 0 Å². The fourth-order valence-electron chi connectivity index (χ4n) is 6.28. The fraction of sp³-hybridized carbons (Fsp3) is 0.559. The third-order valence-corrected chi connectivity index (χ3v) is 9.79. The van der Waals surface area contributed by atoms with Crippen molar-refractivity contribution in [1.29, 1.82) is 0 Å². The van der Waals surface area contributed by atoms with E-state index in [1.807, 2.05) is 42.2 Å². The Labute approximate surface area is 261 Å². The van der Waals surface area contributed by atoms with Gasteiger partial charge >= 0.3 is 5.97 Å². The molecule has 240 valence electrons. The number of benzene rings is 2. The van der Waals surface area contributed by atoms with Gasteiger partial charge in [-0.15, -0.1) is 0 Å². The van der Waals surface area contributed by atoms with Crippen molar-refractivity contribution in [1.82, 2.24) is 10.2 Å². The molecule has 1 saturated carbocycles. The first kappa shape index (κ1) is 33.6. The average Bonchev–Trinajstić information content (AvgIpc) is 3.01. The zero-order valence-electron chi connectivity index (χ0n) is 25.9. The highest BCUT2D eigenvalue weighted by Crippen LogP contribution is 2.31. The molecule has 2 fully saturated rings. The van der Waals surface area contributed by atoms with Crippen molar-refractivity contribution < 1.29 is 32.6 Å². The topological polar surface area (TPSA) is 130 Å². The average molecular weight is 627 g/mol. The number of carbonyl (C=O) groups excluding carboxylic acids is 2. The summed E-state index contributed by atoms with van der Waals surface area (Å²) in [6.07, 6.45) is 10.0. The maximum atomic E-state index is 13.6. The molecule has 0 aromatic heterocycles. The summed E-state index contributed by atoms with van der Waals surface area (Å²) < 4.78 is 29.7. The third-order valence-electron chi connectivity index (χ3n) is 8.81. The summed E-state index contributed by atoms with van der Waals surface area (Å²) in [4.78, 5) is 40.9. The van der Waals surface area contributed by atoms with Crippen molar-refractivity contribution in [3.63, 3.8) is 0 Å². The number of nitrogens with zero attached hydrogens (tertiary/aromatic N) is 1. The Hall–Kier alpha value is -3.24. The number of carboxylic acid groups (broad SMARTS) is 1. The predicted octanol–water partition coefficient (Wildman–Crippen LogP) is 5.15. The van der Waals surface area contributed by atoms with Crippen molar-refractivity contribution >= 4 is 27.6 Å². The molecule has 1 heterocycles. The number of ether oxygens (including phenoxy) is 1. The van der Waals surface area contributed by atoms with Crippen molar-refractivity contribution in [2.75, 3.05) is 25.1 Å². The highest BCUT2D eigenvalue weighted by atomic mass is 32.2. The number of piperidine rings is 1. The van der Waals surface area contributed by atoms with Crippen LogP contribution in [0, 0.1) is 12.8 Å². The monoisotopic (exact) mass is 626 g/mol. The van der Waals surface area contributed by atoms with E-state index in [2.05, 4.69) is 5.32 Å². The van der Waals surface area contributed by atoms with Gasteiger partial charge in [0.25, 0.3) is 11.8 Å². The lowest BCUT2D eigenvalue weighted by Gasteiger charge is -2.32. The van der Waals surface area contributed by atoms with E-state index in [1.54, 1.807) is 12.1 Å². The first-order valence-corrected chi connectivity index (χ1v) is 17.9. The molecule has 9 nitrogen and oxygen atoms in total. The molecule has 1 aliphatic heterocycles. The number of aliphatic carboxylic acids is 1. The van der Waals surface area contributed by atoms with Gasteiger partial charge in [-0.25, -0.2) is 13.2 Å². The van der Waals surface area contributed by atoms with E-state index in [4.69, 9.17) is 4.74 Å². The van der Waals surface area contributed by atoms with Gasteiger partial charge in [0.15, 0.2) is 0 Å². The van der Waals surface area contributed by atoms with Crippen molar-refractivity contribution in [3.8, 4) is 11.1 Å². The molecule has 0 radical (unpaired) electrons. The van der Waals surface area contributed by atoms with Gasteiger partial charge in [0.1, 0.15) is 22.0 Å². The normalized spacial score (nSPS) is 17.5. The van der Waals surface area contributed by atoms with Crippen LogP contribution in [-0.2, 0) is 30.8 Å². The van der Waals surface area contributed by atoms with E-state index in [9.17, 15) is 27.9 Å². The lowest BCUT2D eigenvalue weighted by atomic mass is 9.85. The van der Waals surface area contributed by atoms with E-state index in [0.29, 0.717) is 17.9 Å². The van der Waals surface area contributed by atoms with Crippen molar-refractivity contribution in [3.05, 3.63) is 59.2 Å². The second-order valence-electron chi connectivity index (χ2n) is 12.4. The molecular formula is C34H46N2O7S. The largest absolute Gasteiger partial charge is 0.480 e. The minimum atomic E-state index is -3.41.